The number of carbonyl (C=O) groups is 2. The third kappa shape index (κ3) is 4.09. The Kier molecular flexibility index (Phi) is 5.58. The van der Waals surface area contributed by atoms with E-state index in [1.54, 1.807) is 4.90 Å². The molecule has 1 aromatic rings. The Labute approximate surface area is 132 Å². The quantitative estimate of drug-likeness (QED) is 0.906. The van der Waals surface area contributed by atoms with Crippen molar-refractivity contribution in [2.75, 3.05) is 6.54 Å². The minimum atomic E-state index is -0.856. The zero-order chi connectivity index (χ0) is 16.1. The number of nitrogens with zero attached hydrogens (tertiary/aromatic N) is 1. The highest BCUT2D eigenvalue weighted by Gasteiger charge is 2.31. The maximum absolute atomic E-state index is 12.9. The number of aliphatic carboxylic acids is 1. The molecule has 0 heterocycles. The Hall–Kier alpha value is -1.84. The summed E-state index contributed by atoms with van der Waals surface area (Å²) in [6, 6.07) is 7.69. The van der Waals surface area contributed by atoms with Crippen LogP contribution in [0.5, 0.6) is 0 Å². The van der Waals surface area contributed by atoms with E-state index in [4.69, 9.17) is 5.11 Å². The molecule has 1 aromatic carbocycles. The summed E-state index contributed by atoms with van der Waals surface area (Å²) in [7, 11) is 0. The van der Waals surface area contributed by atoms with Gasteiger partial charge in [-0.3, -0.25) is 9.59 Å². The highest BCUT2D eigenvalue weighted by molar-refractivity contribution is 5.94. The van der Waals surface area contributed by atoms with Gasteiger partial charge < -0.3 is 10.0 Å². The molecule has 0 radical (unpaired) electrons. The zero-order valence-corrected chi connectivity index (χ0v) is 13.4. The fourth-order valence-corrected chi connectivity index (χ4v) is 3.34. The summed E-state index contributed by atoms with van der Waals surface area (Å²) in [4.78, 5) is 25.6. The van der Waals surface area contributed by atoms with Crippen molar-refractivity contribution in [3.05, 3.63) is 35.4 Å². The number of carboxylic acids is 1. The summed E-state index contributed by atoms with van der Waals surface area (Å²) in [6.07, 6.45) is 4.39. The minimum Gasteiger partial charge on any atom is -0.481 e. The van der Waals surface area contributed by atoms with Crippen LogP contribution in [0.4, 0.5) is 0 Å². The molecule has 1 saturated carbocycles. The first-order chi connectivity index (χ1) is 10.5. The van der Waals surface area contributed by atoms with E-state index in [2.05, 4.69) is 6.92 Å². The number of benzene rings is 1. The molecule has 1 aliphatic rings. The number of hydrogen-bond donors (Lipinski definition) is 1. The number of carbonyl (C=O) groups excluding carboxylic acids is 1. The molecule has 0 bridgehead atoms. The van der Waals surface area contributed by atoms with Crippen molar-refractivity contribution in [3.8, 4) is 0 Å². The van der Waals surface area contributed by atoms with Crippen LogP contribution in [-0.2, 0) is 4.79 Å². The van der Waals surface area contributed by atoms with E-state index >= 15 is 0 Å². The number of rotatable bonds is 5. The monoisotopic (exact) mass is 303 g/mol. The molecule has 1 N–H and O–H groups in total. The van der Waals surface area contributed by atoms with Gasteiger partial charge in [0.25, 0.3) is 5.91 Å². The molecule has 4 nitrogen and oxygen atoms in total. The van der Waals surface area contributed by atoms with Crippen molar-refractivity contribution in [1.82, 2.24) is 4.90 Å². The molecule has 1 aliphatic carbocycles. The molecular weight excluding hydrogens is 278 g/mol. The molecular formula is C18H25NO3. The van der Waals surface area contributed by atoms with E-state index in [1.165, 1.54) is 6.42 Å². The van der Waals surface area contributed by atoms with Gasteiger partial charge >= 0.3 is 5.97 Å². The Morgan fingerprint density at radius 2 is 2.00 bits per heavy atom. The lowest BCUT2D eigenvalue weighted by Crippen LogP contribution is -2.46. The van der Waals surface area contributed by atoms with E-state index in [-0.39, 0.29) is 24.9 Å². The predicted octanol–water partition coefficient (Wildman–Crippen LogP) is 3.49. The lowest BCUT2D eigenvalue weighted by Gasteiger charge is -2.38. The Balaban J connectivity index is 2.22. The lowest BCUT2D eigenvalue weighted by atomic mass is 9.84. The second-order valence-corrected chi connectivity index (χ2v) is 6.34. The van der Waals surface area contributed by atoms with Crippen molar-refractivity contribution >= 4 is 11.9 Å². The van der Waals surface area contributed by atoms with Gasteiger partial charge in [-0.15, -0.1) is 0 Å². The Morgan fingerprint density at radius 3 is 2.64 bits per heavy atom. The van der Waals surface area contributed by atoms with Crippen LogP contribution in [0.2, 0.25) is 0 Å². The van der Waals surface area contributed by atoms with Crippen LogP contribution in [0.15, 0.2) is 24.3 Å². The fourth-order valence-electron chi connectivity index (χ4n) is 3.34. The topological polar surface area (TPSA) is 57.6 Å². The normalized spacial score (nSPS) is 21.4. The summed E-state index contributed by atoms with van der Waals surface area (Å²) in [6.45, 7) is 4.42. The molecule has 120 valence electrons. The van der Waals surface area contributed by atoms with E-state index < -0.39 is 5.97 Å². The minimum absolute atomic E-state index is 0.000770. The van der Waals surface area contributed by atoms with Crippen LogP contribution in [-0.4, -0.2) is 34.5 Å². The number of carboxylic acid groups (broad SMARTS) is 1. The van der Waals surface area contributed by atoms with E-state index in [1.807, 2.05) is 31.2 Å². The maximum atomic E-state index is 12.9. The van der Waals surface area contributed by atoms with Crippen molar-refractivity contribution in [3.63, 3.8) is 0 Å². The molecule has 4 heteroatoms. The summed E-state index contributed by atoms with van der Waals surface area (Å²) >= 11 is 0. The van der Waals surface area contributed by atoms with Crippen LogP contribution < -0.4 is 0 Å². The molecule has 0 saturated heterocycles. The van der Waals surface area contributed by atoms with Gasteiger partial charge in [-0.05, 0) is 37.8 Å². The van der Waals surface area contributed by atoms with Crippen LogP contribution in [0.25, 0.3) is 0 Å². The molecule has 1 fully saturated rings. The SMILES string of the molecule is Cc1cccc(C(=O)N(CCC(=O)O)C2CCCCC2C)c1. The first kappa shape index (κ1) is 16.5. The lowest BCUT2D eigenvalue weighted by molar-refractivity contribution is -0.137. The summed E-state index contributed by atoms with van der Waals surface area (Å²) < 4.78 is 0. The van der Waals surface area contributed by atoms with E-state index in [0.717, 1.165) is 24.8 Å². The molecule has 0 aromatic heterocycles. The van der Waals surface area contributed by atoms with Crippen LogP contribution in [0, 0.1) is 12.8 Å². The van der Waals surface area contributed by atoms with Gasteiger partial charge in [-0.25, -0.2) is 0 Å². The Morgan fingerprint density at radius 1 is 1.27 bits per heavy atom. The first-order valence-electron chi connectivity index (χ1n) is 8.08. The van der Waals surface area contributed by atoms with Gasteiger partial charge in [-0.2, -0.15) is 0 Å². The third-order valence-corrected chi connectivity index (χ3v) is 4.56. The second kappa shape index (κ2) is 7.43. The highest BCUT2D eigenvalue weighted by atomic mass is 16.4. The maximum Gasteiger partial charge on any atom is 0.305 e. The van der Waals surface area contributed by atoms with E-state index in [0.29, 0.717) is 11.5 Å². The van der Waals surface area contributed by atoms with Crippen LogP contribution in [0.3, 0.4) is 0 Å². The largest absolute Gasteiger partial charge is 0.481 e. The van der Waals surface area contributed by atoms with Gasteiger partial charge in [0.15, 0.2) is 0 Å². The molecule has 2 atom stereocenters. The van der Waals surface area contributed by atoms with E-state index in [9.17, 15) is 9.59 Å². The van der Waals surface area contributed by atoms with Crippen LogP contribution >= 0.6 is 0 Å². The zero-order valence-electron chi connectivity index (χ0n) is 13.4. The number of aryl methyl sites for hydroxylation is 1. The molecule has 1 amide bonds. The summed E-state index contributed by atoms with van der Waals surface area (Å²) in [5.74, 6) is -0.467. The standard InChI is InChI=1S/C18H25NO3/c1-13-6-5-8-15(12-13)18(22)19(11-10-17(20)21)16-9-4-3-7-14(16)2/h5-6,8,12,14,16H,3-4,7,9-11H2,1-2H3,(H,20,21). The van der Waals surface area contributed by atoms with Gasteiger partial charge in [-0.1, -0.05) is 37.5 Å². The molecule has 22 heavy (non-hydrogen) atoms. The van der Waals surface area contributed by atoms with Crippen molar-refractivity contribution in [2.24, 2.45) is 5.92 Å². The molecule has 0 spiro atoms. The van der Waals surface area contributed by atoms with Crippen molar-refractivity contribution in [1.29, 1.82) is 0 Å². The Bertz CT molecular complexity index is 541. The summed E-state index contributed by atoms with van der Waals surface area (Å²) in [5, 5.41) is 8.99. The van der Waals surface area contributed by atoms with Crippen molar-refractivity contribution in [2.45, 2.75) is 52.0 Å². The first-order valence-corrected chi connectivity index (χ1v) is 8.08. The third-order valence-electron chi connectivity index (χ3n) is 4.56. The molecule has 2 unspecified atom stereocenters. The van der Waals surface area contributed by atoms with Crippen LogP contribution in [0.1, 0.15) is 54.9 Å². The molecule has 2 rings (SSSR count). The van der Waals surface area contributed by atoms with Gasteiger partial charge in [0, 0.05) is 18.2 Å². The average molecular weight is 303 g/mol. The number of hydrogen-bond acceptors (Lipinski definition) is 2. The van der Waals surface area contributed by atoms with Gasteiger partial charge in [0.05, 0.1) is 6.42 Å². The smallest absolute Gasteiger partial charge is 0.305 e. The average Bonchev–Trinajstić information content (AvgIpc) is 2.48. The predicted molar refractivity (Wildman–Crippen MR) is 85.9 cm³/mol. The van der Waals surface area contributed by atoms with Crippen molar-refractivity contribution < 1.29 is 14.7 Å². The molecule has 0 aliphatic heterocycles. The number of amides is 1. The van der Waals surface area contributed by atoms with Gasteiger partial charge in [0.1, 0.15) is 0 Å². The second-order valence-electron chi connectivity index (χ2n) is 6.34. The van der Waals surface area contributed by atoms with Gasteiger partial charge in [0.2, 0.25) is 0 Å². The summed E-state index contributed by atoms with van der Waals surface area (Å²) in [5.41, 5.74) is 1.70. The fraction of sp³-hybridized carbons (Fsp3) is 0.556. The highest BCUT2D eigenvalue weighted by Crippen LogP contribution is 2.29.